The third-order valence-electron chi connectivity index (χ3n) is 13.1. The van der Waals surface area contributed by atoms with Crippen molar-refractivity contribution >= 4 is 32.4 Å². The minimum atomic E-state index is 0.998. The minimum absolute atomic E-state index is 0.998. The Labute approximate surface area is 385 Å². The van der Waals surface area contributed by atoms with Crippen LogP contribution in [0.5, 0.6) is 0 Å². The molecule has 0 N–H and O–H groups in total. The summed E-state index contributed by atoms with van der Waals surface area (Å²) in [6.07, 6.45) is 1.94. The van der Waals surface area contributed by atoms with Gasteiger partial charge in [0, 0.05) is 11.6 Å². The summed E-state index contributed by atoms with van der Waals surface area (Å²) in [4.78, 5) is 4.73. The fourth-order valence-electron chi connectivity index (χ4n) is 10.2. The van der Waals surface area contributed by atoms with Gasteiger partial charge in [0.2, 0.25) is 0 Å². The summed E-state index contributed by atoms with van der Waals surface area (Å²) in [6.45, 7) is 0. The Kier molecular flexibility index (Phi) is 9.93. The summed E-state index contributed by atoms with van der Waals surface area (Å²) in [5.74, 6) is 0. The van der Waals surface area contributed by atoms with Gasteiger partial charge in [-0.15, -0.1) is 0 Å². The highest BCUT2D eigenvalue weighted by atomic mass is 14.6. The first-order valence-corrected chi connectivity index (χ1v) is 22.7. The molecule has 12 rings (SSSR count). The molecule has 0 bridgehead atoms. The predicted octanol–water partition coefficient (Wildman–Crippen LogP) is 17.9. The lowest BCUT2D eigenvalue weighted by atomic mass is 9.78. The van der Waals surface area contributed by atoms with Gasteiger partial charge in [0.05, 0.1) is 5.52 Å². The van der Waals surface area contributed by atoms with Crippen LogP contribution in [0.15, 0.2) is 261 Å². The van der Waals surface area contributed by atoms with E-state index in [2.05, 4.69) is 255 Å². The summed E-state index contributed by atoms with van der Waals surface area (Å²) >= 11 is 0. The Morgan fingerprint density at radius 1 is 0.197 bits per heavy atom. The van der Waals surface area contributed by atoms with Gasteiger partial charge in [-0.1, -0.05) is 224 Å². The van der Waals surface area contributed by atoms with E-state index in [9.17, 15) is 0 Å². The molecule has 0 fully saturated rings. The summed E-state index contributed by atoms with van der Waals surface area (Å²) < 4.78 is 0. The van der Waals surface area contributed by atoms with Crippen molar-refractivity contribution in [3.05, 3.63) is 261 Å². The SMILES string of the molecule is c1ccc(-c2cc(-c3cccc(-c4cccc(-c5c6ccccc6c(-c6ccnc7ccccc67)c6ccccc56)c4)c3)c(-c3ccccc3)c(-c3ccccc3)c2-c2ccccc2)cc1. The fourth-order valence-corrected chi connectivity index (χ4v) is 10.2. The maximum atomic E-state index is 4.73. The van der Waals surface area contributed by atoms with Crippen LogP contribution in [0.3, 0.4) is 0 Å². The molecule has 1 nitrogen and oxygen atoms in total. The molecule has 0 aliphatic carbocycles. The van der Waals surface area contributed by atoms with E-state index in [4.69, 9.17) is 4.98 Å². The van der Waals surface area contributed by atoms with Crippen molar-refractivity contribution in [2.75, 3.05) is 0 Å². The smallest absolute Gasteiger partial charge is 0.0708 e. The molecule has 0 aliphatic rings. The van der Waals surface area contributed by atoms with Crippen molar-refractivity contribution in [3.63, 3.8) is 0 Å². The van der Waals surface area contributed by atoms with Crippen LogP contribution < -0.4 is 0 Å². The van der Waals surface area contributed by atoms with Crippen LogP contribution in [-0.4, -0.2) is 4.98 Å². The second-order valence-electron chi connectivity index (χ2n) is 16.9. The summed E-state index contributed by atoms with van der Waals surface area (Å²) in [5, 5.41) is 6.06. The van der Waals surface area contributed by atoms with Crippen molar-refractivity contribution < 1.29 is 0 Å². The molecular formula is C65H43N. The van der Waals surface area contributed by atoms with Gasteiger partial charge < -0.3 is 0 Å². The molecule has 0 radical (unpaired) electrons. The van der Waals surface area contributed by atoms with E-state index in [1.54, 1.807) is 0 Å². The van der Waals surface area contributed by atoms with Gasteiger partial charge in [-0.25, -0.2) is 0 Å². The summed E-state index contributed by atoms with van der Waals surface area (Å²) in [6, 6.07) is 92.8. The van der Waals surface area contributed by atoms with Crippen molar-refractivity contribution in [2.45, 2.75) is 0 Å². The second-order valence-corrected chi connectivity index (χ2v) is 16.9. The molecule has 12 aromatic rings. The van der Waals surface area contributed by atoms with Gasteiger partial charge in [-0.05, 0) is 141 Å². The van der Waals surface area contributed by atoms with Crippen molar-refractivity contribution in [1.82, 2.24) is 4.98 Å². The van der Waals surface area contributed by atoms with Gasteiger partial charge in [-0.2, -0.15) is 0 Å². The highest BCUT2D eigenvalue weighted by molar-refractivity contribution is 6.23. The van der Waals surface area contributed by atoms with Gasteiger partial charge in [0.25, 0.3) is 0 Å². The van der Waals surface area contributed by atoms with E-state index in [-0.39, 0.29) is 0 Å². The zero-order valence-electron chi connectivity index (χ0n) is 36.3. The van der Waals surface area contributed by atoms with E-state index in [1.165, 1.54) is 99.4 Å². The first kappa shape index (κ1) is 39.0. The van der Waals surface area contributed by atoms with Crippen molar-refractivity contribution in [1.29, 1.82) is 0 Å². The molecule has 0 spiro atoms. The Hall–Kier alpha value is -8.65. The minimum Gasteiger partial charge on any atom is -0.256 e. The number of nitrogens with zero attached hydrogens (tertiary/aromatic N) is 1. The maximum Gasteiger partial charge on any atom is 0.0708 e. The number of fused-ring (bicyclic) bond motifs is 3. The fraction of sp³-hybridized carbons (Fsp3) is 0. The number of rotatable bonds is 8. The molecule has 1 aromatic heterocycles. The van der Waals surface area contributed by atoms with E-state index in [0.717, 1.165) is 22.0 Å². The molecule has 0 unspecified atom stereocenters. The van der Waals surface area contributed by atoms with Crippen LogP contribution in [0, 0.1) is 0 Å². The van der Waals surface area contributed by atoms with Gasteiger partial charge in [0.1, 0.15) is 0 Å². The molecule has 308 valence electrons. The summed E-state index contributed by atoms with van der Waals surface area (Å²) in [5.41, 5.74) is 20.1. The molecule has 11 aromatic carbocycles. The van der Waals surface area contributed by atoms with E-state index >= 15 is 0 Å². The molecule has 1 heteroatoms. The lowest BCUT2D eigenvalue weighted by Crippen LogP contribution is -1.98. The molecule has 0 amide bonds. The van der Waals surface area contributed by atoms with E-state index < -0.39 is 0 Å². The number of para-hydroxylation sites is 1. The molecule has 0 saturated heterocycles. The van der Waals surface area contributed by atoms with Crippen LogP contribution >= 0.6 is 0 Å². The molecule has 0 aliphatic heterocycles. The highest BCUT2D eigenvalue weighted by Crippen LogP contribution is 2.51. The van der Waals surface area contributed by atoms with Crippen LogP contribution in [0.25, 0.3) is 121 Å². The third kappa shape index (κ3) is 6.86. The Balaban J connectivity index is 1.08. The van der Waals surface area contributed by atoms with E-state index in [1.807, 2.05) is 6.20 Å². The number of hydrogen-bond acceptors (Lipinski definition) is 1. The zero-order valence-corrected chi connectivity index (χ0v) is 36.3. The Morgan fingerprint density at radius 3 is 1.12 bits per heavy atom. The molecule has 66 heavy (non-hydrogen) atoms. The lowest BCUT2D eigenvalue weighted by Gasteiger charge is -2.24. The second kappa shape index (κ2) is 16.8. The Bertz CT molecular complexity index is 3660. The molecule has 1 heterocycles. The van der Waals surface area contributed by atoms with Crippen LogP contribution in [0.4, 0.5) is 0 Å². The molecule has 0 saturated carbocycles. The Morgan fingerprint density at radius 2 is 0.576 bits per heavy atom. The monoisotopic (exact) mass is 837 g/mol. The lowest BCUT2D eigenvalue weighted by molar-refractivity contribution is 1.41. The number of pyridine rings is 1. The normalized spacial score (nSPS) is 11.3. The van der Waals surface area contributed by atoms with Crippen molar-refractivity contribution in [2.24, 2.45) is 0 Å². The zero-order chi connectivity index (χ0) is 43.8. The maximum absolute atomic E-state index is 4.73. The largest absolute Gasteiger partial charge is 0.256 e. The quantitative estimate of drug-likeness (QED) is 0.139. The number of hydrogen-bond donors (Lipinski definition) is 0. The van der Waals surface area contributed by atoms with Crippen molar-refractivity contribution in [3.8, 4) is 89.0 Å². The molecule has 0 atom stereocenters. The van der Waals surface area contributed by atoms with Crippen LogP contribution in [0.1, 0.15) is 0 Å². The van der Waals surface area contributed by atoms with Crippen LogP contribution in [0.2, 0.25) is 0 Å². The number of aromatic nitrogens is 1. The van der Waals surface area contributed by atoms with Gasteiger partial charge in [0.15, 0.2) is 0 Å². The predicted molar refractivity (Wildman–Crippen MR) is 280 cm³/mol. The third-order valence-corrected chi connectivity index (χ3v) is 13.1. The van der Waals surface area contributed by atoms with Crippen LogP contribution in [-0.2, 0) is 0 Å². The number of benzene rings is 11. The van der Waals surface area contributed by atoms with E-state index in [0.29, 0.717) is 0 Å². The topological polar surface area (TPSA) is 12.9 Å². The average molecular weight is 838 g/mol. The first-order valence-electron chi connectivity index (χ1n) is 22.7. The van der Waals surface area contributed by atoms with Gasteiger partial charge >= 0.3 is 0 Å². The first-order chi connectivity index (χ1) is 32.8. The molecular weight excluding hydrogens is 795 g/mol. The summed E-state index contributed by atoms with van der Waals surface area (Å²) in [7, 11) is 0. The highest BCUT2D eigenvalue weighted by Gasteiger charge is 2.24. The average Bonchev–Trinajstić information content (AvgIpc) is 3.40. The van der Waals surface area contributed by atoms with Gasteiger partial charge in [-0.3, -0.25) is 4.98 Å². The standard InChI is InChI=1S/C65H43N/c1-5-21-44(22-6-1)58-43-59(63(46-25-9-3-10-26-46)64(47-27-11-4-12-28-47)62(58)45-23-7-2-8-24-45)50-31-19-29-48(41-50)49-30-20-32-51(42-49)61-53-34-13-15-36-55(53)65(56-37-16-14-35-54(56)61)57-39-40-66-60-38-18-17-33-52(57)60/h1-43H.